The Morgan fingerprint density at radius 2 is 1.59 bits per heavy atom. The van der Waals surface area contributed by atoms with Crippen molar-refractivity contribution in [1.82, 2.24) is 9.97 Å². The lowest BCUT2D eigenvalue weighted by Crippen LogP contribution is -2.21. The van der Waals surface area contributed by atoms with Gasteiger partial charge in [-0.3, -0.25) is 0 Å². The molecule has 0 bridgehead atoms. The van der Waals surface area contributed by atoms with Crippen LogP contribution >= 0.6 is 11.3 Å². The van der Waals surface area contributed by atoms with Gasteiger partial charge in [-0.25, -0.2) is 14.6 Å². The molecular formula is C12H14F6N4O4S. The first kappa shape index (κ1) is 24.5. The normalized spacial score (nSPS) is 11.1. The first-order valence-electron chi connectivity index (χ1n) is 6.75. The number of H-pyrrole nitrogens is 1. The van der Waals surface area contributed by atoms with Crippen molar-refractivity contribution >= 4 is 40.3 Å². The van der Waals surface area contributed by atoms with E-state index < -0.39 is 24.3 Å². The highest BCUT2D eigenvalue weighted by Gasteiger charge is 2.38. The number of nitrogens with zero attached hydrogens (tertiary/aromatic N) is 1. The quantitative estimate of drug-likeness (QED) is 0.375. The number of thiophene rings is 1. The molecule has 8 nitrogen and oxygen atoms in total. The molecule has 0 radical (unpaired) electrons. The van der Waals surface area contributed by atoms with Crippen LogP contribution in [0, 0.1) is 0 Å². The molecule has 15 heteroatoms. The number of hydrogen-bond acceptors (Lipinski definition) is 6. The molecule has 0 aliphatic rings. The Bertz CT molecular complexity index is 675. The minimum Gasteiger partial charge on any atom is -0.475 e. The number of hydrogen-bond donors (Lipinski definition) is 5. The van der Waals surface area contributed by atoms with Crippen molar-refractivity contribution in [2.24, 2.45) is 5.73 Å². The minimum absolute atomic E-state index is 0.710. The Morgan fingerprint density at radius 1 is 1.11 bits per heavy atom. The average Bonchev–Trinajstić information content (AvgIpc) is 3.08. The highest BCUT2D eigenvalue weighted by atomic mass is 32.1. The number of fused-ring (bicyclic) bond motifs is 1. The number of halogens is 6. The van der Waals surface area contributed by atoms with Crippen molar-refractivity contribution in [2.75, 3.05) is 18.4 Å². The van der Waals surface area contributed by atoms with E-state index in [4.69, 9.17) is 25.5 Å². The number of nitrogens with two attached hydrogens (primary N) is 1. The molecule has 0 saturated heterocycles. The van der Waals surface area contributed by atoms with Gasteiger partial charge in [-0.15, -0.1) is 11.3 Å². The summed E-state index contributed by atoms with van der Waals surface area (Å²) >= 11 is 1.66. The molecule has 2 heterocycles. The van der Waals surface area contributed by atoms with E-state index >= 15 is 0 Å². The van der Waals surface area contributed by atoms with Crippen LogP contribution in [-0.2, 0) is 9.59 Å². The Labute approximate surface area is 151 Å². The van der Waals surface area contributed by atoms with Crippen LogP contribution in [0.2, 0.25) is 0 Å². The van der Waals surface area contributed by atoms with E-state index in [9.17, 15) is 26.3 Å². The van der Waals surface area contributed by atoms with Gasteiger partial charge in [0.05, 0.1) is 5.52 Å². The van der Waals surface area contributed by atoms with Gasteiger partial charge >= 0.3 is 24.3 Å². The van der Waals surface area contributed by atoms with Gasteiger partial charge in [-0.05, 0) is 13.0 Å². The summed E-state index contributed by atoms with van der Waals surface area (Å²) in [7, 11) is 0. The highest BCUT2D eigenvalue weighted by molar-refractivity contribution is 7.09. The molecular weight excluding hydrogens is 410 g/mol. The third-order valence-corrected chi connectivity index (χ3v) is 3.02. The van der Waals surface area contributed by atoms with Gasteiger partial charge in [-0.1, -0.05) is 0 Å². The van der Waals surface area contributed by atoms with E-state index in [1.165, 1.54) is 0 Å². The van der Waals surface area contributed by atoms with Crippen molar-refractivity contribution in [3.8, 4) is 0 Å². The number of carboxylic acid groups (broad SMARTS) is 2. The van der Waals surface area contributed by atoms with Gasteiger partial charge in [-0.2, -0.15) is 26.3 Å². The zero-order valence-electron chi connectivity index (χ0n) is 13.2. The van der Waals surface area contributed by atoms with E-state index in [-0.39, 0.29) is 0 Å². The second-order valence-corrected chi connectivity index (χ2v) is 5.17. The Balaban J connectivity index is 0.000000416. The van der Waals surface area contributed by atoms with Crippen LogP contribution in [0.15, 0.2) is 10.8 Å². The van der Waals surface area contributed by atoms with Crippen LogP contribution in [0.3, 0.4) is 0 Å². The van der Waals surface area contributed by atoms with Crippen LogP contribution in [0.1, 0.15) is 6.42 Å². The van der Waals surface area contributed by atoms with Crippen LogP contribution < -0.4 is 11.1 Å². The maximum Gasteiger partial charge on any atom is 0.490 e. The number of anilines is 1. The molecule has 0 aromatic carbocycles. The summed E-state index contributed by atoms with van der Waals surface area (Å²) in [6.45, 7) is 1.58. The molecule has 2 aromatic heterocycles. The SMILES string of the molecule is NCCCNc1nc2cscc2[nH]1.O=C(O)C(F)(F)F.O=C(O)C(F)(F)F. The Hall–Kier alpha value is -2.55. The number of carbonyl (C=O) groups is 2. The second kappa shape index (κ2) is 10.6. The van der Waals surface area contributed by atoms with Crippen LogP contribution in [0.4, 0.5) is 32.3 Å². The summed E-state index contributed by atoms with van der Waals surface area (Å²) in [5.74, 6) is -4.67. The monoisotopic (exact) mass is 424 g/mol. The summed E-state index contributed by atoms with van der Waals surface area (Å²) in [4.78, 5) is 25.3. The van der Waals surface area contributed by atoms with Gasteiger partial charge in [0, 0.05) is 17.3 Å². The molecule has 0 fully saturated rings. The van der Waals surface area contributed by atoms with Crippen LogP contribution in [0.5, 0.6) is 0 Å². The fourth-order valence-electron chi connectivity index (χ4n) is 1.14. The van der Waals surface area contributed by atoms with E-state index in [2.05, 4.69) is 20.7 Å². The maximum atomic E-state index is 10.6. The van der Waals surface area contributed by atoms with Crippen molar-refractivity contribution in [3.05, 3.63) is 10.8 Å². The highest BCUT2D eigenvalue weighted by Crippen LogP contribution is 2.18. The molecule has 0 unspecified atom stereocenters. The largest absolute Gasteiger partial charge is 0.490 e. The Morgan fingerprint density at radius 3 is 1.96 bits per heavy atom. The van der Waals surface area contributed by atoms with Crippen LogP contribution in [0.25, 0.3) is 11.0 Å². The number of rotatable bonds is 4. The first-order valence-corrected chi connectivity index (χ1v) is 7.69. The molecule has 0 aliphatic heterocycles. The molecule has 154 valence electrons. The summed E-state index contributed by atoms with van der Waals surface area (Å²) in [6.07, 6.45) is -9.20. The van der Waals surface area contributed by atoms with Gasteiger partial charge in [0.15, 0.2) is 0 Å². The zero-order chi connectivity index (χ0) is 21.3. The van der Waals surface area contributed by atoms with Gasteiger partial charge < -0.3 is 26.2 Å². The van der Waals surface area contributed by atoms with Gasteiger partial charge in [0.2, 0.25) is 5.95 Å². The lowest BCUT2D eigenvalue weighted by molar-refractivity contribution is -0.193. The molecule has 0 saturated carbocycles. The summed E-state index contributed by atoms with van der Waals surface area (Å²) in [5, 5.41) is 21.5. The molecule has 2 aromatic rings. The third-order valence-electron chi connectivity index (χ3n) is 2.29. The van der Waals surface area contributed by atoms with Gasteiger partial charge in [0.25, 0.3) is 0 Å². The number of carboxylic acids is 2. The molecule has 0 atom stereocenters. The minimum atomic E-state index is -5.08. The molecule has 0 amide bonds. The fourth-order valence-corrected chi connectivity index (χ4v) is 1.83. The number of nitrogens with one attached hydrogen (secondary N) is 2. The van der Waals surface area contributed by atoms with E-state index in [0.29, 0.717) is 6.54 Å². The number of imidazole rings is 1. The van der Waals surface area contributed by atoms with Crippen molar-refractivity contribution < 1.29 is 46.1 Å². The molecule has 0 spiro atoms. The molecule has 0 aliphatic carbocycles. The average molecular weight is 424 g/mol. The lowest BCUT2D eigenvalue weighted by Gasteiger charge is -1.99. The van der Waals surface area contributed by atoms with Gasteiger partial charge in [0.1, 0.15) is 5.52 Å². The second-order valence-electron chi connectivity index (χ2n) is 4.43. The van der Waals surface area contributed by atoms with Crippen molar-refractivity contribution in [2.45, 2.75) is 18.8 Å². The van der Waals surface area contributed by atoms with Crippen molar-refractivity contribution in [3.63, 3.8) is 0 Å². The van der Waals surface area contributed by atoms with Crippen LogP contribution in [-0.4, -0.2) is 57.6 Å². The maximum absolute atomic E-state index is 10.6. The van der Waals surface area contributed by atoms with E-state index in [0.717, 1.165) is 29.9 Å². The zero-order valence-corrected chi connectivity index (χ0v) is 14.0. The van der Waals surface area contributed by atoms with Crippen molar-refractivity contribution in [1.29, 1.82) is 0 Å². The molecule has 6 N–H and O–H groups in total. The smallest absolute Gasteiger partial charge is 0.475 e. The third kappa shape index (κ3) is 10.2. The Kier molecular flexibility index (Phi) is 9.57. The summed E-state index contributed by atoms with van der Waals surface area (Å²) in [6, 6.07) is 0. The number of aromatic nitrogens is 2. The summed E-state index contributed by atoms with van der Waals surface area (Å²) in [5.41, 5.74) is 7.50. The molecule has 27 heavy (non-hydrogen) atoms. The predicted molar refractivity (Wildman–Crippen MR) is 83.5 cm³/mol. The number of aromatic amines is 1. The topological polar surface area (TPSA) is 141 Å². The fraction of sp³-hybridized carbons (Fsp3) is 0.417. The number of alkyl halides is 6. The molecule has 2 rings (SSSR count). The first-order chi connectivity index (χ1) is 12.3. The summed E-state index contributed by atoms with van der Waals surface area (Å²) < 4.78 is 63.5. The lowest BCUT2D eigenvalue weighted by atomic mass is 10.4. The van der Waals surface area contributed by atoms with E-state index in [1.54, 1.807) is 11.3 Å². The predicted octanol–water partition coefficient (Wildman–Crippen LogP) is 2.65. The number of aliphatic carboxylic acids is 2. The standard InChI is InChI=1S/C8H12N4S.2C2HF3O2/c9-2-1-3-10-8-11-6-4-13-5-7(6)12-8;2*3-2(4,5)1(6)7/h4-5H,1-3,9H2,(H2,10,11,12);2*(H,6,7). The van der Waals surface area contributed by atoms with E-state index in [1.807, 2.05) is 5.38 Å².